The summed E-state index contributed by atoms with van der Waals surface area (Å²) in [5.41, 5.74) is 5.57. The first kappa shape index (κ1) is 22.2. The maximum atomic E-state index is 13.5. The highest BCUT2D eigenvalue weighted by molar-refractivity contribution is 5.87. The summed E-state index contributed by atoms with van der Waals surface area (Å²) in [5, 5.41) is 9.34. The number of likely N-dealkylation sites (tertiary alicyclic amines) is 3. The number of benzene rings is 1. The highest BCUT2D eigenvalue weighted by Gasteiger charge is 2.56. The van der Waals surface area contributed by atoms with Crippen molar-refractivity contribution < 1.29 is 22.8 Å². The number of nitriles is 1. The largest absolute Gasteiger partial charge is 0.416 e. The first-order valence-corrected chi connectivity index (χ1v) is 11.3. The third-order valence-corrected chi connectivity index (χ3v) is 7.70. The lowest BCUT2D eigenvalue weighted by Crippen LogP contribution is -2.57. The molecule has 7 nitrogen and oxygen atoms in total. The molecular weight excluding hydrogens is 435 g/mol. The molecule has 3 aliphatic heterocycles. The number of amides is 2. The van der Waals surface area contributed by atoms with E-state index in [4.69, 9.17) is 5.73 Å². The Kier molecular flexibility index (Phi) is 5.18. The fourth-order valence-electron chi connectivity index (χ4n) is 6.08. The monoisotopic (exact) mass is 461 g/mol. The van der Waals surface area contributed by atoms with Crippen LogP contribution in [-0.2, 0) is 15.8 Å². The van der Waals surface area contributed by atoms with Crippen LogP contribution in [-0.4, -0.2) is 69.8 Å². The predicted octanol–water partition coefficient (Wildman–Crippen LogP) is 1.89. The first-order valence-electron chi connectivity index (χ1n) is 11.3. The Balaban J connectivity index is 1.26. The molecule has 33 heavy (non-hydrogen) atoms. The van der Waals surface area contributed by atoms with Crippen LogP contribution >= 0.6 is 0 Å². The summed E-state index contributed by atoms with van der Waals surface area (Å²) in [6.07, 6.45) is -2.38. The van der Waals surface area contributed by atoms with Crippen LogP contribution in [0.25, 0.3) is 0 Å². The molecule has 1 saturated carbocycles. The molecular formula is C23H26F3N5O2. The van der Waals surface area contributed by atoms with Crippen molar-refractivity contribution in [1.29, 1.82) is 5.26 Å². The van der Waals surface area contributed by atoms with E-state index in [0.29, 0.717) is 25.3 Å². The van der Waals surface area contributed by atoms with Crippen LogP contribution in [0.5, 0.6) is 0 Å². The van der Waals surface area contributed by atoms with Gasteiger partial charge in [0.2, 0.25) is 11.8 Å². The highest BCUT2D eigenvalue weighted by Crippen LogP contribution is 2.48. The van der Waals surface area contributed by atoms with Gasteiger partial charge in [0, 0.05) is 25.2 Å². The second-order valence-corrected chi connectivity index (χ2v) is 9.66. The number of hydrogen-bond acceptors (Lipinski definition) is 5. The smallest absolute Gasteiger partial charge is 0.330 e. The topological polar surface area (TPSA) is 93.7 Å². The van der Waals surface area contributed by atoms with Crippen molar-refractivity contribution in [2.75, 3.05) is 13.1 Å². The summed E-state index contributed by atoms with van der Waals surface area (Å²) in [6, 6.07) is 4.93. The van der Waals surface area contributed by atoms with Crippen molar-refractivity contribution in [3.05, 3.63) is 35.4 Å². The number of piperazine rings is 1. The molecule has 2 N–H and O–H groups in total. The second-order valence-electron chi connectivity index (χ2n) is 9.66. The van der Waals surface area contributed by atoms with Crippen LogP contribution in [0.15, 0.2) is 24.3 Å². The number of nitrogens with two attached hydrogens (primary N) is 1. The average molecular weight is 461 g/mol. The Morgan fingerprint density at radius 3 is 2.67 bits per heavy atom. The van der Waals surface area contributed by atoms with E-state index in [0.717, 1.165) is 12.5 Å². The van der Waals surface area contributed by atoms with Gasteiger partial charge in [-0.2, -0.15) is 18.4 Å². The summed E-state index contributed by atoms with van der Waals surface area (Å²) in [7, 11) is 0. The normalized spacial score (nSPS) is 32.6. The van der Waals surface area contributed by atoms with Crippen LogP contribution in [0.1, 0.15) is 43.4 Å². The lowest BCUT2D eigenvalue weighted by atomic mass is 9.99. The zero-order chi connectivity index (χ0) is 23.7. The molecule has 176 valence electrons. The number of nitrogens with zero attached hydrogens (tertiary/aromatic N) is 4. The van der Waals surface area contributed by atoms with Crippen molar-refractivity contribution in [2.45, 2.75) is 68.6 Å². The lowest BCUT2D eigenvalue weighted by molar-refractivity contribution is -0.143. The van der Waals surface area contributed by atoms with E-state index >= 15 is 0 Å². The predicted molar refractivity (Wildman–Crippen MR) is 111 cm³/mol. The molecule has 2 bridgehead atoms. The van der Waals surface area contributed by atoms with Crippen molar-refractivity contribution >= 4 is 11.8 Å². The molecule has 4 fully saturated rings. The quantitative estimate of drug-likeness (QED) is 0.723. The molecule has 3 saturated heterocycles. The number of rotatable bonds is 5. The minimum absolute atomic E-state index is 0.0832. The molecule has 1 aromatic rings. The van der Waals surface area contributed by atoms with Gasteiger partial charge >= 0.3 is 6.18 Å². The Labute approximate surface area is 189 Å². The van der Waals surface area contributed by atoms with Crippen LogP contribution < -0.4 is 5.73 Å². The molecule has 10 heteroatoms. The molecule has 0 radical (unpaired) electrons. The zero-order valence-corrected chi connectivity index (χ0v) is 18.2. The second kappa shape index (κ2) is 7.71. The zero-order valence-electron chi connectivity index (χ0n) is 18.2. The maximum absolute atomic E-state index is 13.5. The number of fused-ring (bicyclic) bond motifs is 3. The highest BCUT2D eigenvalue weighted by atomic mass is 19.4. The van der Waals surface area contributed by atoms with E-state index in [-0.39, 0.29) is 36.0 Å². The van der Waals surface area contributed by atoms with Crippen LogP contribution in [0.4, 0.5) is 13.2 Å². The third-order valence-electron chi connectivity index (χ3n) is 7.70. The van der Waals surface area contributed by atoms with Gasteiger partial charge in [-0.15, -0.1) is 0 Å². The van der Waals surface area contributed by atoms with Gasteiger partial charge in [-0.25, -0.2) is 0 Å². The number of carbonyl (C=O) groups is 2. The van der Waals surface area contributed by atoms with Crippen molar-refractivity contribution in [2.24, 2.45) is 11.7 Å². The van der Waals surface area contributed by atoms with Crippen molar-refractivity contribution in [3.8, 4) is 6.07 Å². The van der Waals surface area contributed by atoms with E-state index in [1.807, 2.05) is 4.90 Å². The van der Waals surface area contributed by atoms with E-state index in [1.165, 1.54) is 12.1 Å². The van der Waals surface area contributed by atoms with Crippen LogP contribution in [0.3, 0.4) is 0 Å². The molecule has 1 aliphatic carbocycles. The van der Waals surface area contributed by atoms with Gasteiger partial charge in [0.25, 0.3) is 0 Å². The SMILES string of the molecule is CC(c1ccccc1C(F)(F)F)N1C(=O)C2CC1CN2CC(N)C(=O)N1C(C#N)C[C@@H]2C[C@@H]21. The fourth-order valence-corrected chi connectivity index (χ4v) is 6.08. The minimum atomic E-state index is -4.50. The number of piperidine rings is 1. The minimum Gasteiger partial charge on any atom is -0.330 e. The van der Waals surface area contributed by atoms with Gasteiger partial charge in [-0.1, -0.05) is 18.2 Å². The summed E-state index contributed by atoms with van der Waals surface area (Å²) in [4.78, 5) is 31.1. The average Bonchev–Trinajstić information content (AvgIpc) is 3.11. The number of alkyl halides is 3. The number of carbonyl (C=O) groups excluding carboxylic acids is 2. The van der Waals surface area contributed by atoms with E-state index in [9.17, 15) is 28.0 Å². The van der Waals surface area contributed by atoms with Gasteiger partial charge in [0.05, 0.1) is 29.8 Å². The molecule has 3 heterocycles. The fraction of sp³-hybridized carbons (Fsp3) is 0.609. The summed E-state index contributed by atoms with van der Waals surface area (Å²) >= 11 is 0. The Bertz CT molecular complexity index is 1020. The first-order chi connectivity index (χ1) is 15.6. The lowest BCUT2D eigenvalue weighted by Gasteiger charge is -2.39. The van der Waals surface area contributed by atoms with Gasteiger partial charge in [0.1, 0.15) is 6.04 Å². The molecule has 2 amide bonds. The molecule has 5 rings (SSSR count). The summed E-state index contributed by atoms with van der Waals surface area (Å²) < 4.78 is 40.5. The summed E-state index contributed by atoms with van der Waals surface area (Å²) in [5.74, 6) is -0.0930. The third kappa shape index (κ3) is 3.58. The molecule has 7 atom stereocenters. The van der Waals surface area contributed by atoms with Gasteiger partial charge in [-0.05, 0) is 43.7 Å². The van der Waals surface area contributed by atoms with E-state index < -0.39 is 35.9 Å². The van der Waals surface area contributed by atoms with Crippen LogP contribution in [0.2, 0.25) is 0 Å². The van der Waals surface area contributed by atoms with E-state index in [2.05, 4.69) is 6.07 Å². The van der Waals surface area contributed by atoms with Gasteiger partial charge < -0.3 is 15.5 Å². The molecule has 5 unspecified atom stereocenters. The molecule has 0 aromatic heterocycles. The standard InChI is InChI=1S/C23H26F3N5O2/c1-12(16-4-2-3-5-17(16)23(24,25)26)30-15-8-20(22(30)33)29(10-15)11-18(28)21(32)31-14(9-27)6-13-7-19(13)31/h2-5,12-15,18-20H,6-8,10-11,28H2,1H3/t12?,13-,14?,15?,18?,19+,20?/m1/s1. The van der Waals surface area contributed by atoms with Gasteiger partial charge in [0.15, 0.2) is 0 Å². The molecule has 1 aromatic carbocycles. The number of halogens is 3. The van der Waals surface area contributed by atoms with Crippen LogP contribution in [0, 0.1) is 17.2 Å². The Morgan fingerprint density at radius 2 is 2.00 bits per heavy atom. The van der Waals surface area contributed by atoms with Crippen molar-refractivity contribution in [3.63, 3.8) is 0 Å². The van der Waals surface area contributed by atoms with E-state index in [1.54, 1.807) is 22.8 Å². The Morgan fingerprint density at radius 1 is 1.27 bits per heavy atom. The number of hydrogen-bond donors (Lipinski definition) is 1. The molecule has 0 spiro atoms. The molecule has 4 aliphatic rings. The Hall–Kier alpha value is -2.64. The van der Waals surface area contributed by atoms with Gasteiger partial charge in [-0.3, -0.25) is 14.5 Å². The maximum Gasteiger partial charge on any atom is 0.416 e. The summed E-state index contributed by atoms with van der Waals surface area (Å²) in [6.45, 7) is 2.28. The van der Waals surface area contributed by atoms with Crippen molar-refractivity contribution in [1.82, 2.24) is 14.7 Å².